The van der Waals surface area contributed by atoms with Crippen LogP contribution in [-0.2, 0) is 11.0 Å². The van der Waals surface area contributed by atoms with Crippen molar-refractivity contribution in [2.75, 3.05) is 17.7 Å². The summed E-state index contributed by atoms with van der Waals surface area (Å²) in [5, 5.41) is 23.1. The number of anilines is 2. The van der Waals surface area contributed by atoms with Gasteiger partial charge in [0.15, 0.2) is 5.60 Å². The van der Waals surface area contributed by atoms with Crippen LogP contribution in [0.2, 0.25) is 0 Å². The number of carbonyl (C=O) groups excluding carboxylic acids is 1. The fourth-order valence-electron chi connectivity index (χ4n) is 2.12. The van der Waals surface area contributed by atoms with E-state index in [4.69, 9.17) is 10.5 Å². The molecule has 2 rings (SSSR count). The quantitative estimate of drug-likeness (QED) is 0.389. The Bertz CT molecular complexity index is 883. The van der Waals surface area contributed by atoms with Crippen molar-refractivity contribution in [2.45, 2.75) is 18.7 Å². The minimum Gasteiger partial charge on any atom is -0.490 e. The molecule has 0 aliphatic carbocycles. The van der Waals surface area contributed by atoms with Crippen molar-refractivity contribution in [1.82, 2.24) is 0 Å². The lowest BCUT2D eigenvalue weighted by molar-refractivity contribution is -0.388. The molecule has 28 heavy (non-hydrogen) atoms. The first-order valence-corrected chi connectivity index (χ1v) is 7.78. The first-order valence-electron chi connectivity index (χ1n) is 7.78. The molecule has 1 atom stereocenters. The number of nitrogens with zero attached hydrogens (tertiary/aromatic N) is 1. The van der Waals surface area contributed by atoms with Crippen molar-refractivity contribution >= 4 is 23.0 Å². The highest BCUT2D eigenvalue weighted by Gasteiger charge is 2.39. The summed E-state index contributed by atoms with van der Waals surface area (Å²) in [5.74, 6) is -0.734. The van der Waals surface area contributed by atoms with Gasteiger partial charge >= 0.3 is 6.18 Å². The van der Waals surface area contributed by atoms with Gasteiger partial charge in [0.1, 0.15) is 17.9 Å². The number of nitrogen functional groups attached to an aromatic ring is 1. The molecule has 4 N–H and O–H groups in total. The summed E-state index contributed by atoms with van der Waals surface area (Å²) in [7, 11) is 0. The maximum atomic E-state index is 13.0. The average molecular weight is 399 g/mol. The molecule has 8 nitrogen and oxygen atoms in total. The maximum Gasteiger partial charge on any atom is 0.423 e. The van der Waals surface area contributed by atoms with Crippen LogP contribution in [0, 0.1) is 10.1 Å². The number of nitro benzene ring substituents is 1. The number of amides is 1. The summed E-state index contributed by atoms with van der Waals surface area (Å²) in [5.41, 5.74) is 0.875. The average Bonchev–Trinajstić information content (AvgIpc) is 2.60. The second-order valence-corrected chi connectivity index (χ2v) is 6.07. The lowest BCUT2D eigenvalue weighted by Gasteiger charge is -2.23. The van der Waals surface area contributed by atoms with Crippen LogP contribution < -0.4 is 15.8 Å². The van der Waals surface area contributed by atoms with Gasteiger partial charge in [0.25, 0.3) is 11.6 Å². The van der Waals surface area contributed by atoms with Crippen molar-refractivity contribution in [3.63, 3.8) is 0 Å². The molecule has 2 aromatic carbocycles. The molecule has 0 spiro atoms. The van der Waals surface area contributed by atoms with E-state index >= 15 is 0 Å². The van der Waals surface area contributed by atoms with E-state index in [2.05, 4.69) is 5.32 Å². The van der Waals surface area contributed by atoms with Crippen LogP contribution in [-0.4, -0.2) is 28.1 Å². The number of rotatable bonds is 6. The normalized spacial score (nSPS) is 13.5. The first-order chi connectivity index (χ1) is 12.9. The Morgan fingerprint density at radius 1 is 1.25 bits per heavy atom. The number of halogens is 3. The highest BCUT2D eigenvalue weighted by molar-refractivity contribution is 5.97. The molecule has 150 valence electrons. The van der Waals surface area contributed by atoms with Gasteiger partial charge in [0.2, 0.25) is 0 Å². The summed E-state index contributed by atoms with van der Waals surface area (Å²) >= 11 is 0. The van der Waals surface area contributed by atoms with Gasteiger partial charge in [-0.2, -0.15) is 13.2 Å². The lowest BCUT2D eigenvalue weighted by Crippen LogP contribution is -2.45. The van der Waals surface area contributed by atoms with Crippen LogP contribution in [0.15, 0.2) is 42.5 Å². The van der Waals surface area contributed by atoms with E-state index in [1.165, 1.54) is 12.1 Å². The Morgan fingerprint density at radius 2 is 1.86 bits per heavy atom. The third kappa shape index (κ3) is 5.10. The molecule has 0 saturated heterocycles. The summed E-state index contributed by atoms with van der Waals surface area (Å²) < 4.78 is 44.3. The molecule has 0 fully saturated rings. The molecule has 0 saturated carbocycles. The fourth-order valence-corrected chi connectivity index (χ4v) is 2.12. The van der Waals surface area contributed by atoms with Crippen LogP contribution in [0.1, 0.15) is 12.5 Å². The van der Waals surface area contributed by atoms with Gasteiger partial charge in [-0.25, -0.2) is 0 Å². The van der Waals surface area contributed by atoms with Crippen molar-refractivity contribution in [2.24, 2.45) is 0 Å². The number of hydrogen-bond donors (Lipinski definition) is 3. The van der Waals surface area contributed by atoms with Gasteiger partial charge in [-0.1, -0.05) is 0 Å². The predicted octanol–water partition coefficient (Wildman–Crippen LogP) is 2.96. The zero-order chi connectivity index (χ0) is 21.1. The Morgan fingerprint density at radius 3 is 2.39 bits per heavy atom. The number of nitrogens with two attached hydrogens (primary N) is 1. The molecule has 0 aliphatic rings. The van der Waals surface area contributed by atoms with E-state index in [0.717, 1.165) is 13.0 Å². The molecule has 0 bridgehead atoms. The van der Waals surface area contributed by atoms with Crippen molar-refractivity contribution < 1.29 is 32.7 Å². The van der Waals surface area contributed by atoms with E-state index in [1.807, 2.05) is 0 Å². The molecule has 1 amide bonds. The smallest absolute Gasteiger partial charge is 0.423 e. The minimum atomic E-state index is -5.00. The van der Waals surface area contributed by atoms with Crippen molar-refractivity contribution in [3.8, 4) is 5.75 Å². The summed E-state index contributed by atoms with van der Waals surface area (Å²) in [4.78, 5) is 21.8. The molecule has 0 aromatic heterocycles. The Hall–Kier alpha value is -3.34. The number of carbonyl (C=O) groups is 1. The Balaban J connectivity index is 2.14. The highest BCUT2D eigenvalue weighted by atomic mass is 19.4. The largest absolute Gasteiger partial charge is 0.490 e. The van der Waals surface area contributed by atoms with Gasteiger partial charge < -0.3 is 20.9 Å². The monoisotopic (exact) mass is 399 g/mol. The zero-order valence-corrected chi connectivity index (χ0v) is 14.5. The Kier molecular flexibility index (Phi) is 5.78. The molecule has 0 radical (unpaired) electrons. The molecule has 1 unspecified atom stereocenters. The highest BCUT2D eigenvalue weighted by Crippen LogP contribution is 2.37. The van der Waals surface area contributed by atoms with E-state index in [9.17, 15) is 33.2 Å². The predicted molar refractivity (Wildman–Crippen MR) is 93.7 cm³/mol. The standard InChI is InChI=1S/C17H16F3N3O5/c1-16(25,9-28-12-5-2-10(21)3-6-12)15(24)22-11-4-7-14(23(26)27)13(8-11)17(18,19)20/h2-8,25H,9,21H2,1H3,(H,22,24). The van der Waals surface area contributed by atoms with Crippen LogP contribution in [0.3, 0.4) is 0 Å². The van der Waals surface area contributed by atoms with Gasteiger partial charge in [-0.15, -0.1) is 0 Å². The Labute approximate surface area is 156 Å². The summed E-state index contributed by atoms with van der Waals surface area (Å²) in [6.45, 7) is 0.609. The molecule has 0 aliphatic heterocycles. The van der Waals surface area contributed by atoms with E-state index in [0.29, 0.717) is 23.6 Å². The van der Waals surface area contributed by atoms with E-state index in [1.54, 1.807) is 12.1 Å². The van der Waals surface area contributed by atoms with Crippen LogP contribution in [0.25, 0.3) is 0 Å². The maximum absolute atomic E-state index is 13.0. The molecular formula is C17H16F3N3O5. The van der Waals surface area contributed by atoms with Gasteiger partial charge in [0, 0.05) is 17.4 Å². The van der Waals surface area contributed by atoms with Crippen molar-refractivity contribution in [3.05, 3.63) is 58.1 Å². The van der Waals surface area contributed by atoms with Crippen LogP contribution >= 0.6 is 0 Å². The van der Waals surface area contributed by atoms with Gasteiger partial charge in [0.05, 0.1) is 4.92 Å². The van der Waals surface area contributed by atoms with Crippen LogP contribution in [0.5, 0.6) is 5.75 Å². The number of aliphatic hydroxyl groups is 1. The first kappa shape index (κ1) is 21.0. The second kappa shape index (κ2) is 7.72. The number of ether oxygens (including phenoxy) is 1. The lowest BCUT2D eigenvalue weighted by atomic mass is 10.1. The summed E-state index contributed by atoms with van der Waals surface area (Å²) in [6.07, 6.45) is -5.00. The zero-order valence-electron chi connectivity index (χ0n) is 14.5. The number of nitrogens with one attached hydrogen (secondary N) is 1. The van der Waals surface area contributed by atoms with Crippen LogP contribution in [0.4, 0.5) is 30.2 Å². The SMILES string of the molecule is CC(O)(COc1ccc(N)cc1)C(=O)Nc1ccc([N+](=O)[O-])c(C(F)(F)F)c1. The summed E-state index contributed by atoms with van der Waals surface area (Å²) in [6, 6.07) is 8.08. The number of alkyl halides is 3. The number of nitro groups is 1. The van der Waals surface area contributed by atoms with Gasteiger partial charge in [-0.3, -0.25) is 14.9 Å². The van der Waals surface area contributed by atoms with E-state index < -0.39 is 40.5 Å². The fraction of sp³-hybridized carbons (Fsp3) is 0.235. The van der Waals surface area contributed by atoms with Gasteiger partial charge in [-0.05, 0) is 43.3 Å². The molecule has 0 heterocycles. The number of benzene rings is 2. The molecule has 11 heteroatoms. The van der Waals surface area contributed by atoms with E-state index in [-0.39, 0.29) is 5.69 Å². The third-order valence-corrected chi connectivity index (χ3v) is 3.65. The minimum absolute atomic E-state index is 0.317. The molecule has 2 aromatic rings. The van der Waals surface area contributed by atoms with Crippen molar-refractivity contribution in [1.29, 1.82) is 0 Å². The second-order valence-electron chi connectivity index (χ2n) is 6.07. The number of hydrogen-bond acceptors (Lipinski definition) is 6. The third-order valence-electron chi connectivity index (χ3n) is 3.65. The topological polar surface area (TPSA) is 128 Å². The molecular weight excluding hydrogens is 383 g/mol.